The number of benzene rings is 1. The number of hydrogen-bond acceptors (Lipinski definition) is 4. The summed E-state index contributed by atoms with van der Waals surface area (Å²) in [7, 11) is 1.26. The molecule has 0 radical (unpaired) electrons. The van der Waals surface area contributed by atoms with Gasteiger partial charge in [-0.25, -0.2) is 9.18 Å². The lowest BCUT2D eigenvalue weighted by atomic mass is 10.0. The second-order valence-corrected chi connectivity index (χ2v) is 5.81. The number of esters is 1. The van der Waals surface area contributed by atoms with Crippen molar-refractivity contribution in [2.45, 2.75) is 51.6 Å². The van der Waals surface area contributed by atoms with Crippen molar-refractivity contribution >= 4 is 17.8 Å². The summed E-state index contributed by atoms with van der Waals surface area (Å²) in [6, 6.07) is 4.12. The van der Waals surface area contributed by atoms with E-state index in [0.29, 0.717) is 12.0 Å². The third-order valence-electron chi connectivity index (χ3n) is 3.67. The van der Waals surface area contributed by atoms with E-state index in [4.69, 9.17) is 4.74 Å². The molecular weight excluding hydrogens is 327 g/mol. The minimum absolute atomic E-state index is 0.116. The Labute approximate surface area is 147 Å². The summed E-state index contributed by atoms with van der Waals surface area (Å²) in [5.74, 6) is -1.85. The second-order valence-electron chi connectivity index (χ2n) is 5.81. The van der Waals surface area contributed by atoms with E-state index in [-0.39, 0.29) is 12.3 Å². The Bertz CT molecular complexity index is 606. The van der Waals surface area contributed by atoms with E-state index in [9.17, 15) is 18.8 Å². The number of ether oxygens (including phenoxy) is 1. The molecule has 2 amide bonds. The number of hydrogen-bond donors (Lipinski definition) is 2. The minimum atomic E-state index is -0.909. The zero-order valence-corrected chi connectivity index (χ0v) is 14.8. The first-order valence-corrected chi connectivity index (χ1v) is 8.27. The van der Waals surface area contributed by atoms with Gasteiger partial charge >= 0.3 is 5.97 Å². The molecule has 0 aliphatic rings. The van der Waals surface area contributed by atoms with E-state index in [1.54, 1.807) is 6.07 Å². The minimum Gasteiger partial charge on any atom is -0.467 e. The molecule has 1 aromatic rings. The molecular formula is C18H25FN2O4. The van der Waals surface area contributed by atoms with Gasteiger partial charge in [0.15, 0.2) is 0 Å². The molecule has 0 fully saturated rings. The van der Waals surface area contributed by atoms with Gasteiger partial charge in [-0.1, -0.05) is 31.9 Å². The molecule has 0 spiro atoms. The Hall–Kier alpha value is -2.44. The lowest BCUT2D eigenvalue weighted by molar-refractivity contribution is -0.145. The molecule has 0 aliphatic carbocycles. The van der Waals surface area contributed by atoms with Crippen LogP contribution in [-0.2, 0) is 25.5 Å². The molecule has 1 rings (SSSR count). The number of rotatable bonds is 9. The number of methoxy groups -OCH3 is 1. The standard InChI is InChI=1S/C18H25FN2O4/c1-4-5-9-15(18(24)25-3)21-17(23)16(20-12(2)22)11-13-7-6-8-14(19)10-13/h6-8,10,15-16H,4-5,9,11H2,1-3H3,(H,20,22)(H,21,23)/t15-,16+/m1/s1. The molecule has 0 heterocycles. The first-order chi connectivity index (χ1) is 11.9. The third kappa shape index (κ3) is 7.32. The molecule has 7 heteroatoms. The summed E-state index contributed by atoms with van der Waals surface area (Å²) in [5.41, 5.74) is 0.567. The lowest BCUT2D eigenvalue weighted by Crippen LogP contribution is -2.52. The Morgan fingerprint density at radius 3 is 2.48 bits per heavy atom. The van der Waals surface area contributed by atoms with Gasteiger partial charge in [-0.05, 0) is 24.1 Å². The number of unbranched alkanes of at least 4 members (excludes halogenated alkanes) is 1. The zero-order chi connectivity index (χ0) is 18.8. The van der Waals surface area contributed by atoms with Crippen LogP contribution in [0.4, 0.5) is 4.39 Å². The number of halogens is 1. The van der Waals surface area contributed by atoms with Crippen LogP contribution < -0.4 is 10.6 Å². The molecule has 0 unspecified atom stereocenters. The van der Waals surface area contributed by atoms with Crippen LogP contribution in [0.2, 0.25) is 0 Å². The van der Waals surface area contributed by atoms with Crippen LogP contribution in [-0.4, -0.2) is 37.0 Å². The van der Waals surface area contributed by atoms with Gasteiger partial charge in [0.25, 0.3) is 0 Å². The molecule has 0 saturated carbocycles. The lowest BCUT2D eigenvalue weighted by Gasteiger charge is -2.22. The maximum absolute atomic E-state index is 13.3. The van der Waals surface area contributed by atoms with Crippen molar-refractivity contribution in [3.63, 3.8) is 0 Å². The summed E-state index contributed by atoms with van der Waals surface area (Å²) in [5, 5.41) is 5.16. The number of amides is 2. The highest BCUT2D eigenvalue weighted by atomic mass is 19.1. The zero-order valence-electron chi connectivity index (χ0n) is 14.8. The molecule has 6 nitrogen and oxygen atoms in total. The molecule has 0 bridgehead atoms. The predicted molar refractivity (Wildman–Crippen MR) is 91.2 cm³/mol. The van der Waals surface area contributed by atoms with Crippen LogP contribution >= 0.6 is 0 Å². The summed E-state index contributed by atoms with van der Waals surface area (Å²) >= 11 is 0. The van der Waals surface area contributed by atoms with Gasteiger partial charge in [-0.2, -0.15) is 0 Å². The highest BCUT2D eigenvalue weighted by Crippen LogP contribution is 2.08. The molecule has 1 aromatic carbocycles. The molecule has 25 heavy (non-hydrogen) atoms. The maximum atomic E-state index is 13.3. The van der Waals surface area contributed by atoms with Gasteiger partial charge in [0.2, 0.25) is 11.8 Å². The van der Waals surface area contributed by atoms with E-state index >= 15 is 0 Å². The fraction of sp³-hybridized carbons (Fsp3) is 0.500. The van der Waals surface area contributed by atoms with E-state index < -0.39 is 29.8 Å². The van der Waals surface area contributed by atoms with Crippen molar-refractivity contribution in [3.8, 4) is 0 Å². The van der Waals surface area contributed by atoms with Crippen LogP contribution in [0.3, 0.4) is 0 Å². The summed E-state index contributed by atoms with van der Waals surface area (Å²) < 4.78 is 18.0. The Balaban J connectivity index is 2.86. The summed E-state index contributed by atoms with van der Waals surface area (Å²) in [6.07, 6.45) is 2.17. The molecule has 2 N–H and O–H groups in total. The third-order valence-corrected chi connectivity index (χ3v) is 3.67. The average Bonchev–Trinajstić information content (AvgIpc) is 2.56. The average molecular weight is 352 g/mol. The SMILES string of the molecule is CCCC[C@@H](NC(=O)[C@H](Cc1cccc(F)c1)NC(C)=O)C(=O)OC. The second kappa shape index (κ2) is 10.4. The van der Waals surface area contributed by atoms with E-state index in [0.717, 1.165) is 12.8 Å². The van der Waals surface area contributed by atoms with Gasteiger partial charge in [0.1, 0.15) is 17.9 Å². The molecule has 0 saturated heterocycles. The van der Waals surface area contributed by atoms with Crippen LogP contribution in [0.5, 0.6) is 0 Å². The van der Waals surface area contributed by atoms with Crippen molar-refractivity contribution in [1.82, 2.24) is 10.6 Å². The normalized spacial score (nSPS) is 12.8. The largest absolute Gasteiger partial charge is 0.467 e. The topological polar surface area (TPSA) is 84.5 Å². The van der Waals surface area contributed by atoms with Crippen molar-refractivity contribution in [2.24, 2.45) is 0 Å². The fourth-order valence-corrected chi connectivity index (χ4v) is 2.43. The van der Waals surface area contributed by atoms with Gasteiger partial charge in [-0.15, -0.1) is 0 Å². The van der Waals surface area contributed by atoms with Crippen molar-refractivity contribution < 1.29 is 23.5 Å². The Kier molecular flexibility index (Phi) is 8.60. The van der Waals surface area contributed by atoms with Gasteiger partial charge in [0, 0.05) is 13.3 Å². The summed E-state index contributed by atoms with van der Waals surface area (Å²) in [6.45, 7) is 3.26. The van der Waals surface area contributed by atoms with Crippen molar-refractivity contribution in [3.05, 3.63) is 35.6 Å². The van der Waals surface area contributed by atoms with Gasteiger partial charge in [-0.3, -0.25) is 9.59 Å². The van der Waals surface area contributed by atoms with Crippen LogP contribution in [0.1, 0.15) is 38.7 Å². The highest BCUT2D eigenvalue weighted by Gasteiger charge is 2.26. The first kappa shape index (κ1) is 20.6. The number of carbonyl (C=O) groups excluding carboxylic acids is 3. The first-order valence-electron chi connectivity index (χ1n) is 8.27. The van der Waals surface area contributed by atoms with Crippen LogP contribution in [0, 0.1) is 5.82 Å². The Morgan fingerprint density at radius 1 is 1.20 bits per heavy atom. The number of carbonyl (C=O) groups is 3. The van der Waals surface area contributed by atoms with E-state index in [2.05, 4.69) is 10.6 Å². The molecule has 2 atom stereocenters. The maximum Gasteiger partial charge on any atom is 0.328 e. The molecule has 138 valence electrons. The quantitative estimate of drug-likeness (QED) is 0.663. The highest BCUT2D eigenvalue weighted by molar-refractivity contribution is 5.90. The van der Waals surface area contributed by atoms with Crippen LogP contribution in [0.15, 0.2) is 24.3 Å². The Morgan fingerprint density at radius 2 is 1.92 bits per heavy atom. The molecule has 0 aliphatic heterocycles. The van der Waals surface area contributed by atoms with Crippen molar-refractivity contribution in [2.75, 3.05) is 7.11 Å². The predicted octanol–water partition coefficient (Wildman–Crippen LogP) is 1.72. The van der Waals surface area contributed by atoms with Crippen LogP contribution in [0.25, 0.3) is 0 Å². The molecule has 0 aromatic heterocycles. The smallest absolute Gasteiger partial charge is 0.328 e. The fourth-order valence-electron chi connectivity index (χ4n) is 2.43. The van der Waals surface area contributed by atoms with Gasteiger partial charge < -0.3 is 15.4 Å². The monoisotopic (exact) mass is 352 g/mol. The van der Waals surface area contributed by atoms with E-state index in [1.165, 1.54) is 32.2 Å². The number of nitrogens with one attached hydrogen (secondary N) is 2. The van der Waals surface area contributed by atoms with Crippen molar-refractivity contribution in [1.29, 1.82) is 0 Å². The van der Waals surface area contributed by atoms with E-state index in [1.807, 2.05) is 6.92 Å². The van der Waals surface area contributed by atoms with Gasteiger partial charge in [0.05, 0.1) is 7.11 Å². The summed E-state index contributed by atoms with van der Waals surface area (Å²) in [4.78, 5) is 35.8.